The Labute approximate surface area is 99.9 Å². The SMILES string of the molecule is CC(CCS(C)=O)NS(=O)(=O)C1CCNC1. The molecule has 1 heterocycles. The van der Waals surface area contributed by atoms with Crippen LogP contribution >= 0.6 is 0 Å². The lowest BCUT2D eigenvalue weighted by molar-refractivity contribution is 0.544. The summed E-state index contributed by atoms with van der Waals surface area (Å²) >= 11 is 0. The Morgan fingerprint density at radius 2 is 2.25 bits per heavy atom. The first-order chi connectivity index (χ1) is 7.42. The predicted molar refractivity (Wildman–Crippen MR) is 66.3 cm³/mol. The third-order valence-electron chi connectivity index (χ3n) is 2.66. The van der Waals surface area contributed by atoms with Crippen LogP contribution in [0.3, 0.4) is 0 Å². The second kappa shape index (κ2) is 6.09. The maximum atomic E-state index is 11.9. The monoisotopic (exact) mass is 268 g/mol. The molecule has 7 heteroatoms. The summed E-state index contributed by atoms with van der Waals surface area (Å²) in [6.07, 6.45) is 2.91. The first kappa shape index (κ1) is 14.1. The van der Waals surface area contributed by atoms with E-state index in [0.29, 0.717) is 25.1 Å². The third-order valence-corrected chi connectivity index (χ3v) is 5.48. The minimum atomic E-state index is -3.22. The van der Waals surface area contributed by atoms with Crippen LogP contribution in [-0.4, -0.2) is 49.0 Å². The molecule has 0 aromatic carbocycles. The molecule has 16 heavy (non-hydrogen) atoms. The molecule has 0 bridgehead atoms. The zero-order chi connectivity index (χ0) is 12.2. The Hall–Kier alpha value is 0.0200. The number of rotatable bonds is 6. The summed E-state index contributed by atoms with van der Waals surface area (Å²) in [7, 11) is -4.08. The highest BCUT2D eigenvalue weighted by Gasteiger charge is 2.29. The van der Waals surface area contributed by atoms with Gasteiger partial charge in [-0.05, 0) is 26.3 Å². The van der Waals surface area contributed by atoms with Crippen molar-refractivity contribution in [1.29, 1.82) is 0 Å². The first-order valence-corrected chi connectivity index (χ1v) is 8.71. The molecule has 1 saturated heterocycles. The van der Waals surface area contributed by atoms with Crippen LogP contribution in [0.25, 0.3) is 0 Å². The molecule has 3 atom stereocenters. The lowest BCUT2D eigenvalue weighted by atomic mass is 10.3. The zero-order valence-corrected chi connectivity index (χ0v) is 11.4. The average molecular weight is 268 g/mol. The van der Waals surface area contributed by atoms with Crippen LogP contribution in [-0.2, 0) is 20.8 Å². The quantitative estimate of drug-likeness (QED) is 0.676. The van der Waals surface area contributed by atoms with Crippen LogP contribution in [0.5, 0.6) is 0 Å². The molecule has 1 aliphatic rings. The van der Waals surface area contributed by atoms with Gasteiger partial charge in [0.15, 0.2) is 0 Å². The van der Waals surface area contributed by atoms with Crippen molar-refractivity contribution in [1.82, 2.24) is 10.0 Å². The fourth-order valence-electron chi connectivity index (χ4n) is 1.67. The first-order valence-electron chi connectivity index (χ1n) is 5.43. The summed E-state index contributed by atoms with van der Waals surface area (Å²) in [6, 6.07) is -0.144. The molecule has 2 N–H and O–H groups in total. The Morgan fingerprint density at radius 1 is 1.56 bits per heavy atom. The van der Waals surface area contributed by atoms with Crippen molar-refractivity contribution in [3.8, 4) is 0 Å². The van der Waals surface area contributed by atoms with E-state index in [2.05, 4.69) is 10.0 Å². The topological polar surface area (TPSA) is 75.3 Å². The van der Waals surface area contributed by atoms with E-state index in [9.17, 15) is 12.6 Å². The van der Waals surface area contributed by atoms with E-state index in [-0.39, 0.29) is 11.3 Å². The second-order valence-electron chi connectivity index (χ2n) is 4.24. The molecule has 5 nitrogen and oxygen atoms in total. The molecule has 0 aliphatic carbocycles. The summed E-state index contributed by atoms with van der Waals surface area (Å²) in [5, 5.41) is 2.72. The Bertz CT molecular complexity index is 337. The summed E-state index contributed by atoms with van der Waals surface area (Å²) in [6.45, 7) is 3.10. The maximum absolute atomic E-state index is 11.9. The second-order valence-corrected chi connectivity index (χ2v) is 7.79. The number of hydrogen-bond donors (Lipinski definition) is 2. The van der Waals surface area contributed by atoms with Gasteiger partial charge in [0.1, 0.15) is 0 Å². The highest BCUT2D eigenvalue weighted by Crippen LogP contribution is 2.09. The predicted octanol–water partition coefficient (Wildman–Crippen LogP) is -0.575. The van der Waals surface area contributed by atoms with Crippen molar-refractivity contribution >= 4 is 20.8 Å². The fraction of sp³-hybridized carbons (Fsp3) is 1.00. The zero-order valence-electron chi connectivity index (χ0n) is 9.73. The summed E-state index contributed by atoms with van der Waals surface area (Å²) in [4.78, 5) is 0. The Morgan fingerprint density at radius 3 is 2.75 bits per heavy atom. The van der Waals surface area contributed by atoms with Crippen LogP contribution in [0.4, 0.5) is 0 Å². The van der Waals surface area contributed by atoms with Crippen LogP contribution in [0.2, 0.25) is 0 Å². The standard InChI is InChI=1S/C9H20N2O3S2/c1-8(4-6-15(2)12)11-16(13,14)9-3-5-10-7-9/h8-11H,3-7H2,1-2H3. The Balaban J connectivity index is 2.42. The molecule has 1 rings (SSSR count). The summed E-state index contributed by atoms with van der Waals surface area (Å²) < 4.78 is 37.3. The van der Waals surface area contributed by atoms with Crippen LogP contribution in [0.15, 0.2) is 0 Å². The van der Waals surface area contributed by atoms with Gasteiger partial charge in [-0.3, -0.25) is 4.21 Å². The van der Waals surface area contributed by atoms with Crippen molar-refractivity contribution in [2.24, 2.45) is 0 Å². The fourth-order valence-corrected chi connectivity index (χ4v) is 3.99. The van der Waals surface area contributed by atoms with Gasteiger partial charge in [-0.2, -0.15) is 0 Å². The highest BCUT2D eigenvalue weighted by atomic mass is 32.2. The van der Waals surface area contributed by atoms with Gasteiger partial charge < -0.3 is 5.32 Å². The Kier molecular flexibility index (Phi) is 5.36. The minimum absolute atomic E-state index is 0.144. The molecule has 0 saturated carbocycles. The molecule has 0 aromatic rings. The molecular formula is C9H20N2O3S2. The summed E-state index contributed by atoms with van der Waals surface area (Å²) in [5.41, 5.74) is 0. The van der Waals surface area contributed by atoms with Crippen molar-refractivity contribution in [2.75, 3.05) is 25.1 Å². The smallest absolute Gasteiger partial charge is 0.216 e. The highest BCUT2D eigenvalue weighted by molar-refractivity contribution is 7.90. The molecule has 1 aliphatic heterocycles. The average Bonchev–Trinajstić information content (AvgIpc) is 2.67. The lowest BCUT2D eigenvalue weighted by Crippen LogP contribution is -2.41. The third kappa shape index (κ3) is 4.48. The van der Waals surface area contributed by atoms with E-state index in [1.54, 1.807) is 6.26 Å². The lowest BCUT2D eigenvalue weighted by Gasteiger charge is -2.17. The molecule has 96 valence electrons. The van der Waals surface area contributed by atoms with Gasteiger partial charge in [-0.15, -0.1) is 0 Å². The normalized spacial score (nSPS) is 25.5. The minimum Gasteiger partial charge on any atom is -0.315 e. The van der Waals surface area contributed by atoms with Gasteiger partial charge in [0.25, 0.3) is 0 Å². The van der Waals surface area contributed by atoms with Gasteiger partial charge in [-0.25, -0.2) is 13.1 Å². The van der Waals surface area contributed by atoms with E-state index >= 15 is 0 Å². The largest absolute Gasteiger partial charge is 0.315 e. The number of sulfonamides is 1. The molecule has 0 spiro atoms. The van der Waals surface area contributed by atoms with E-state index in [1.165, 1.54) is 0 Å². The molecule has 1 fully saturated rings. The molecule has 0 aromatic heterocycles. The van der Waals surface area contributed by atoms with Gasteiger partial charge in [0.2, 0.25) is 10.0 Å². The summed E-state index contributed by atoms with van der Waals surface area (Å²) in [5.74, 6) is 0.534. The van der Waals surface area contributed by atoms with E-state index < -0.39 is 20.8 Å². The van der Waals surface area contributed by atoms with Crippen molar-refractivity contribution in [3.05, 3.63) is 0 Å². The molecular weight excluding hydrogens is 248 g/mol. The molecule has 3 unspecified atom stereocenters. The number of hydrogen-bond acceptors (Lipinski definition) is 4. The van der Waals surface area contributed by atoms with Crippen molar-refractivity contribution in [2.45, 2.75) is 31.1 Å². The van der Waals surface area contributed by atoms with Gasteiger partial charge >= 0.3 is 0 Å². The van der Waals surface area contributed by atoms with Crippen LogP contribution < -0.4 is 10.0 Å². The van der Waals surface area contributed by atoms with Crippen LogP contribution in [0, 0.1) is 0 Å². The van der Waals surface area contributed by atoms with Gasteiger partial charge in [-0.1, -0.05) is 0 Å². The van der Waals surface area contributed by atoms with Gasteiger partial charge in [0.05, 0.1) is 5.25 Å². The molecule has 0 radical (unpaired) electrons. The van der Waals surface area contributed by atoms with Gasteiger partial charge in [0, 0.05) is 35.4 Å². The number of nitrogens with one attached hydrogen (secondary N) is 2. The van der Waals surface area contributed by atoms with E-state index in [0.717, 1.165) is 6.54 Å². The molecule has 0 amide bonds. The maximum Gasteiger partial charge on any atom is 0.216 e. The van der Waals surface area contributed by atoms with Crippen molar-refractivity contribution < 1.29 is 12.6 Å². The van der Waals surface area contributed by atoms with Crippen molar-refractivity contribution in [3.63, 3.8) is 0 Å². The van der Waals surface area contributed by atoms with E-state index in [1.807, 2.05) is 6.92 Å². The van der Waals surface area contributed by atoms with E-state index in [4.69, 9.17) is 0 Å². The van der Waals surface area contributed by atoms with Crippen LogP contribution in [0.1, 0.15) is 19.8 Å².